The lowest BCUT2D eigenvalue weighted by molar-refractivity contribution is -0.177. The van der Waals surface area contributed by atoms with Crippen molar-refractivity contribution in [2.45, 2.75) is 52.2 Å². The first-order valence-electron chi connectivity index (χ1n) is 5.21. The van der Waals surface area contributed by atoms with Gasteiger partial charge >= 0.3 is 5.97 Å². The topological polar surface area (TPSA) is 46.5 Å². The van der Waals surface area contributed by atoms with E-state index in [1.807, 2.05) is 6.92 Å². The molecule has 0 aromatic heterocycles. The fourth-order valence-corrected chi connectivity index (χ4v) is 3.06. The number of hydrogen-bond acceptors (Lipinski definition) is 3. The van der Waals surface area contributed by atoms with E-state index in [9.17, 15) is 9.90 Å². The molecule has 1 heterocycles. The van der Waals surface area contributed by atoms with Crippen LogP contribution in [-0.4, -0.2) is 23.3 Å². The summed E-state index contributed by atoms with van der Waals surface area (Å²) in [5.74, 6) is -0.252. The van der Waals surface area contributed by atoms with E-state index in [1.54, 1.807) is 0 Å². The fraction of sp³-hybridized carbons (Fsp3) is 0.909. The highest BCUT2D eigenvalue weighted by Crippen LogP contribution is 2.54. The molecule has 0 spiro atoms. The van der Waals surface area contributed by atoms with Crippen LogP contribution >= 0.6 is 0 Å². The van der Waals surface area contributed by atoms with E-state index in [4.69, 9.17) is 4.74 Å². The summed E-state index contributed by atoms with van der Waals surface area (Å²) in [5.41, 5.74) is -0.0531. The van der Waals surface area contributed by atoms with Gasteiger partial charge in [0.25, 0.3) is 0 Å². The molecule has 3 heteroatoms. The minimum Gasteiger partial charge on any atom is -0.462 e. The van der Waals surface area contributed by atoms with Crippen LogP contribution in [0.3, 0.4) is 0 Å². The van der Waals surface area contributed by atoms with Crippen LogP contribution in [-0.2, 0) is 9.53 Å². The fourth-order valence-electron chi connectivity index (χ4n) is 3.06. The van der Waals surface area contributed by atoms with Crippen molar-refractivity contribution in [3.63, 3.8) is 0 Å². The molecular weight excluding hydrogens is 180 g/mol. The number of esters is 1. The Morgan fingerprint density at radius 2 is 2.07 bits per heavy atom. The second kappa shape index (κ2) is 2.72. The molecule has 14 heavy (non-hydrogen) atoms. The lowest BCUT2D eigenvalue weighted by Crippen LogP contribution is -2.47. The summed E-state index contributed by atoms with van der Waals surface area (Å²) in [6.07, 6.45) is 1.33. The van der Waals surface area contributed by atoms with Crippen LogP contribution in [0.25, 0.3) is 0 Å². The SMILES string of the molecule is CC1(C)C[C@@H]2OC(=O)C[C@@H](O)[C@@]2(C)C1. The molecule has 80 valence electrons. The Bertz CT molecular complexity index is 272. The van der Waals surface area contributed by atoms with Gasteiger partial charge in [-0.1, -0.05) is 20.8 Å². The van der Waals surface area contributed by atoms with Gasteiger partial charge in [0.2, 0.25) is 0 Å². The highest BCUT2D eigenvalue weighted by atomic mass is 16.5. The number of carbonyl (C=O) groups is 1. The summed E-state index contributed by atoms with van der Waals surface area (Å²) in [6, 6.07) is 0. The average Bonchev–Trinajstić information content (AvgIpc) is 2.21. The van der Waals surface area contributed by atoms with E-state index < -0.39 is 6.10 Å². The second-order valence-electron chi connectivity index (χ2n) is 5.75. The molecule has 0 amide bonds. The zero-order valence-corrected chi connectivity index (χ0v) is 9.04. The first-order valence-corrected chi connectivity index (χ1v) is 5.21. The molecule has 1 aliphatic heterocycles. The summed E-state index contributed by atoms with van der Waals surface area (Å²) >= 11 is 0. The average molecular weight is 198 g/mol. The largest absolute Gasteiger partial charge is 0.462 e. The predicted molar refractivity (Wildman–Crippen MR) is 51.6 cm³/mol. The maximum Gasteiger partial charge on any atom is 0.308 e. The molecule has 1 saturated heterocycles. The quantitative estimate of drug-likeness (QED) is 0.600. The Morgan fingerprint density at radius 3 is 2.71 bits per heavy atom. The van der Waals surface area contributed by atoms with E-state index in [1.165, 1.54) is 0 Å². The lowest BCUT2D eigenvalue weighted by atomic mass is 9.75. The number of fused-ring (bicyclic) bond motifs is 1. The third-order valence-corrected chi connectivity index (χ3v) is 3.73. The van der Waals surface area contributed by atoms with Crippen LogP contribution in [0.5, 0.6) is 0 Å². The molecule has 0 aromatic rings. The first-order chi connectivity index (χ1) is 6.33. The molecular formula is C11H18O3. The van der Waals surface area contributed by atoms with Crippen LogP contribution in [0.1, 0.15) is 40.0 Å². The number of rotatable bonds is 0. The molecule has 2 aliphatic rings. The molecule has 0 radical (unpaired) electrons. The summed E-state index contributed by atoms with van der Waals surface area (Å²) in [4.78, 5) is 11.2. The van der Waals surface area contributed by atoms with Crippen molar-refractivity contribution >= 4 is 5.97 Å². The Morgan fingerprint density at radius 1 is 1.43 bits per heavy atom. The maximum absolute atomic E-state index is 11.2. The highest BCUT2D eigenvalue weighted by Gasteiger charge is 2.56. The summed E-state index contributed by atoms with van der Waals surface area (Å²) in [6.45, 7) is 6.36. The molecule has 0 unspecified atom stereocenters. The van der Waals surface area contributed by atoms with Gasteiger partial charge < -0.3 is 9.84 Å². The van der Waals surface area contributed by atoms with Gasteiger partial charge in [0, 0.05) is 5.41 Å². The van der Waals surface area contributed by atoms with Crippen LogP contribution < -0.4 is 0 Å². The van der Waals surface area contributed by atoms with Crippen LogP contribution in [0.15, 0.2) is 0 Å². The molecule has 0 aromatic carbocycles. The molecule has 2 fully saturated rings. The van der Waals surface area contributed by atoms with Gasteiger partial charge in [0.05, 0.1) is 12.5 Å². The smallest absolute Gasteiger partial charge is 0.308 e. The third kappa shape index (κ3) is 1.34. The summed E-state index contributed by atoms with van der Waals surface area (Å²) in [5, 5.41) is 9.94. The number of ether oxygens (including phenoxy) is 1. The third-order valence-electron chi connectivity index (χ3n) is 3.73. The minimum atomic E-state index is -0.532. The van der Waals surface area contributed by atoms with E-state index >= 15 is 0 Å². The molecule has 3 atom stereocenters. The molecule has 0 bridgehead atoms. The number of hydrogen-bond donors (Lipinski definition) is 1. The monoisotopic (exact) mass is 198 g/mol. The van der Waals surface area contributed by atoms with Gasteiger partial charge in [-0.15, -0.1) is 0 Å². The van der Waals surface area contributed by atoms with Crippen molar-refractivity contribution < 1.29 is 14.6 Å². The molecule has 3 nitrogen and oxygen atoms in total. The van der Waals surface area contributed by atoms with Crippen molar-refractivity contribution in [2.24, 2.45) is 10.8 Å². The molecule has 1 N–H and O–H groups in total. The second-order valence-corrected chi connectivity index (χ2v) is 5.75. The normalized spacial score (nSPS) is 45.9. The number of aliphatic hydroxyl groups is 1. The summed E-state index contributed by atoms with van der Waals surface area (Å²) in [7, 11) is 0. The van der Waals surface area contributed by atoms with E-state index in [0.717, 1.165) is 12.8 Å². The zero-order valence-electron chi connectivity index (χ0n) is 9.04. The zero-order chi connectivity index (χ0) is 10.6. The molecule has 2 rings (SSSR count). The van der Waals surface area contributed by atoms with Gasteiger partial charge in [-0.05, 0) is 18.3 Å². The van der Waals surface area contributed by atoms with Crippen molar-refractivity contribution in [1.82, 2.24) is 0 Å². The predicted octanol–water partition coefficient (Wildman–Crippen LogP) is 1.49. The van der Waals surface area contributed by atoms with Gasteiger partial charge in [-0.2, -0.15) is 0 Å². The van der Waals surface area contributed by atoms with E-state index in [-0.39, 0.29) is 29.3 Å². The molecule has 1 saturated carbocycles. The standard InChI is InChI=1S/C11H18O3/c1-10(2)5-8-11(3,6-10)7(12)4-9(13)14-8/h7-8,12H,4-6H2,1-3H3/t7-,8+,11-/m1/s1. The van der Waals surface area contributed by atoms with Crippen LogP contribution in [0, 0.1) is 10.8 Å². The maximum atomic E-state index is 11.2. The lowest BCUT2D eigenvalue weighted by Gasteiger charge is -2.39. The summed E-state index contributed by atoms with van der Waals surface area (Å²) < 4.78 is 5.32. The first kappa shape index (κ1) is 9.97. The number of aliphatic hydroxyl groups excluding tert-OH is 1. The highest BCUT2D eigenvalue weighted by molar-refractivity contribution is 5.71. The van der Waals surface area contributed by atoms with Crippen LogP contribution in [0.4, 0.5) is 0 Å². The Kier molecular flexibility index (Phi) is 1.94. The number of carbonyl (C=O) groups excluding carboxylic acids is 1. The van der Waals surface area contributed by atoms with Crippen LogP contribution in [0.2, 0.25) is 0 Å². The van der Waals surface area contributed by atoms with E-state index in [2.05, 4.69) is 13.8 Å². The Balaban J connectivity index is 2.27. The Labute approximate surface area is 84.4 Å². The van der Waals surface area contributed by atoms with E-state index in [0.29, 0.717) is 0 Å². The van der Waals surface area contributed by atoms with Gasteiger partial charge in [-0.3, -0.25) is 4.79 Å². The molecule has 1 aliphatic carbocycles. The van der Waals surface area contributed by atoms with Gasteiger partial charge in [0.15, 0.2) is 0 Å². The van der Waals surface area contributed by atoms with Crippen molar-refractivity contribution in [2.75, 3.05) is 0 Å². The van der Waals surface area contributed by atoms with Crippen molar-refractivity contribution in [3.05, 3.63) is 0 Å². The Hall–Kier alpha value is -0.570. The van der Waals surface area contributed by atoms with Crippen molar-refractivity contribution in [1.29, 1.82) is 0 Å². The van der Waals surface area contributed by atoms with Crippen molar-refractivity contribution in [3.8, 4) is 0 Å². The minimum absolute atomic E-state index is 0.0891. The van der Waals surface area contributed by atoms with Gasteiger partial charge in [-0.25, -0.2) is 0 Å². The van der Waals surface area contributed by atoms with Gasteiger partial charge in [0.1, 0.15) is 6.10 Å².